The van der Waals surface area contributed by atoms with E-state index in [0.717, 1.165) is 11.4 Å². The zero-order chi connectivity index (χ0) is 12.4. The number of rotatable bonds is 3. The quantitative estimate of drug-likeness (QED) is 0.743. The SMILES string of the molecule is Nc1cn(Cc2ccn(-c3ccccc3)n2)nn1. The molecule has 0 saturated heterocycles. The number of nitrogen functional groups attached to an aromatic ring is 1. The largest absolute Gasteiger partial charge is 0.381 e. The van der Waals surface area contributed by atoms with Crippen molar-refractivity contribution in [2.75, 3.05) is 5.73 Å². The Labute approximate surface area is 104 Å². The number of hydrogen-bond acceptors (Lipinski definition) is 4. The summed E-state index contributed by atoms with van der Waals surface area (Å²) in [4.78, 5) is 0. The first kappa shape index (κ1) is 10.5. The molecule has 2 aromatic heterocycles. The van der Waals surface area contributed by atoms with Gasteiger partial charge in [0.05, 0.1) is 24.1 Å². The zero-order valence-corrected chi connectivity index (χ0v) is 9.64. The summed E-state index contributed by atoms with van der Waals surface area (Å²) in [6.45, 7) is 0.560. The second kappa shape index (κ2) is 4.33. The summed E-state index contributed by atoms with van der Waals surface area (Å²) < 4.78 is 3.49. The van der Waals surface area contributed by atoms with Gasteiger partial charge < -0.3 is 5.73 Å². The van der Waals surface area contributed by atoms with Crippen molar-refractivity contribution in [2.24, 2.45) is 0 Å². The molecule has 0 bridgehead atoms. The minimum atomic E-state index is 0.414. The summed E-state index contributed by atoms with van der Waals surface area (Å²) >= 11 is 0. The van der Waals surface area contributed by atoms with Crippen molar-refractivity contribution < 1.29 is 0 Å². The molecule has 18 heavy (non-hydrogen) atoms. The summed E-state index contributed by atoms with van der Waals surface area (Å²) in [6, 6.07) is 11.9. The summed E-state index contributed by atoms with van der Waals surface area (Å²) in [5.74, 6) is 0.414. The molecule has 0 unspecified atom stereocenters. The Hall–Kier alpha value is -2.63. The molecule has 0 fully saturated rings. The van der Waals surface area contributed by atoms with Gasteiger partial charge in [0, 0.05) is 6.20 Å². The van der Waals surface area contributed by atoms with Gasteiger partial charge in [0.1, 0.15) is 0 Å². The smallest absolute Gasteiger partial charge is 0.165 e. The van der Waals surface area contributed by atoms with Gasteiger partial charge in [-0.3, -0.25) is 0 Å². The van der Waals surface area contributed by atoms with Crippen LogP contribution in [0.25, 0.3) is 5.69 Å². The highest BCUT2D eigenvalue weighted by molar-refractivity contribution is 5.30. The first-order chi connectivity index (χ1) is 8.81. The van der Waals surface area contributed by atoms with E-state index >= 15 is 0 Å². The molecule has 0 saturated carbocycles. The number of anilines is 1. The van der Waals surface area contributed by atoms with Crippen molar-refractivity contribution in [2.45, 2.75) is 6.54 Å². The highest BCUT2D eigenvalue weighted by atomic mass is 15.4. The maximum Gasteiger partial charge on any atom is 0.165 e. The fourth-order valence-electron chi connectivity index (χ4n) is 1.73. The molecule has 6 heteroatoms. The molecule has 0 amide bonds. The van der Waals surface area contributed by atoms with Gasteiger partial charge in [-0.25, -0.2) is 9.36 Å². The number of nitrogens with two attached hydrogens (primary N) is 1. The first-order valence-electron chi connectivity index (χ1n) is 5.57. The van der Waals surface area contributed by atoms with E-state index in [1.807, 2.05) is 47.3 Å². The molecule has 3 aromatic rings. The first-order valence-corrected chi connectivity index (χ1v) is 5.57. The van der Waals surface area contributed by atoms with Crippen molar-refractivity contribution >= 4 is 5.82 Å². The van der Waals surface area contributed by atoms with Crippen LogP contribution in [0.3, 0.4) is 0 Å². The number of benzene rings is 1. The molecule has 1 aromatic carbocycles. The monoisotopic (exact) mass is 240 g/mol. The van der Waals surface area contributed by atoms with E-state index in [9.17, 15) is 0 Å². The van der Waals surface area contributed by atoms with Gasteiger partial charge >= 0.3 is 0 Å². The Morgan fingerprint density at radius 2 is 1.94 bits per heavy atom. The third-order valence-corrected chi connectivity index (χ3v) is 2.55. The van der Waals surface area contributed by atoms with Gasteiger partial charge in [-0.2, -0.15) is 5.10 Å². The minimum absolute atomic E-state index is 0.414. The molecule has 0 aliphatic rings. The van der Waals surface area contributed by atoms with Crippen molar-refractivity contribution in [3.63, 3.8) is 0 Å². The van der Waals surface area contributed by atoms with Gasteiger partial charge in [0.2, 0.25) is 0 Å². The molecule has 3 rings (SSSR count). The van der Waals surface area contributed by atoms with Crippen molar-refractivity contribution in [3.8, 4) is 5.69 Å². The molecule has 0 aliphatic heterocycles. The lowest BCUT2D eigenvalue weighted by molar-refractivity contribution is 0.632. The van der Waals surface area contributed by atoms with E-state index in [0.29, 0.717) is 12.4 Å². The van der Waals surface area contributed by atoms with Gasteiger partial charge in [-0.05, 0) is 18.2 Å². The highest BCUT2D eigenvalue weighted by Crippen LogP contribution is 2.07. The molecular weight excluding hydrogens is 228 g/mol. The van der Waals surface area contributed by atoms with Crippen LogP contribution in [0.2, 0.25) is 0 Å². The predicted octanol–water partition coefficient (Wildman–Crippen LogP) is 1.09. The van der Waals surface area contributed by atoms with Crippen LogP contribution >= 0.6 is 0 Å². The van der Waals surface area contributed by atoms with Crippen LogP contribution in [0, 0.1) is 0 Å². The predicted molar refractivity (Wildman–Crippen MR) is 67.1 cm³/mol. The van der Waals surface area contributed by atoms with Crippen LogP contribution in [0.4, 0.5) is 5.82 Å². The highest BCUT2D eigenvalue weighted by Gasteiger charge is 2.03. The lowest BCUT2D eigenvalue weighted by Crippen LogP contribution is -2.02. The number of aromatic nitrogens is 5. The van der Waals surface area contributed by atoms with Crippen LogP contribution in [-0.4, -0.2) is 24.8 Å². The normalized spacial score (nSPS) is 10.7. The van der Waals surface area contributed by atoms with Crippen LogP contribution in [0.5, 0.6) is 0 Å². The lowest BCUT2D eigenvalue weighted by Gasteiger charge is -2.00. The van der Waals surface area contributed by atoms with E-state index in [2.05, 4.69) is 15.4 Å². The Morgan fingerprint density at radius 1 is 1.11 bits per heavy atom. The summed E-state index contributed by atoms with van der Waals surface area (Å²) in [7, 11) is 0. The molecule has 6 nitrogen and oxygen atoms in total. The van der Waals surface area contributed by atoms with Crippen LogP contribution in [0.15, 0.2) is 48.8 Å². The molecule has 0 atom stereocenters. The van der Waals surface area contributed by atoms with E-state index in [1.165, 1.54) is 0 Å². The molecule has 2 N–H and O–H groups in total. The Bertz CT molecular complexity index is 639. The average Bonchev–Trinajstić information content (AvgIpc) is 3.01. The maximum absolute atomic E-state index is 5.51. The molecule has 90 valence electrons. The Kier molecular flexibility index (Phi) is 2.53. The Morgan fingerprint density at radius 3 is 2.67 bits per heavy atom. The number of para-hydroxylation sites is 1. The maximum atomic E-state index is 5.51. The summed E-state index contributed by atoms with van der Waals surface area (Å²) in [5, 5.41) is 12.1. The zero-order valence-electron chi connectivity index (χ0n) is 9.64. The van der Waals surface area contributed by atoms with E-state index in [1.54, 1.807) is 10.9 Å². The molecule has 0 aliphatic carbocycles. The third kappa shape index (κ3) is 2.08. The summed E-state index contributed by atoms with van der Waals surface area (Å²) in [6.07, 6.45) is 3.60. The van der Waals surface area contributed by atoms with Gasteiger partial charge in [-0.15, -0.1) is 5.10 Å². The third-order valence-electron chi connectivity index (χ3n) is 2.55. The van der Waals surface area contributed by atoms with Gasteiger partial charge in [0.15, 0.2) is 5.82 Å². The molecule has 0 radical (unpaired) electrons. The summed E-state index contributed by atoms with van der Waals surface area (Å²) in [5.41, 5.74) is 7.44. The van der Waals surface area contributed by atoms with Gasteiger partial charge in [-0.1, -0.05) is 23.4 Å². The van der Waals surface area contributed by atoms with Crippen molar-refractivity contribution in [1.82, 2.24) is 24.8 Å². The van der Waals surface area contributed by atoms with Crippen molar-refractivity contribution in [1.29, 1.82) is 0 Å². The fraction of sp³-hybridized carbons (Fsp3) is 0.0833. The molecule has 2 heterocycles. The Balaban J connectivity index is 1.82. The number of nitrogens with zero attached hydrogens (tertiary/aromatic N) is 5. The standard InChI is InChI=1S/C12H12N6/c13-12-9-17(16-14-12)8-10-6-7-18(15-10)11-4-2-1-3-5-11/h1-7,9H,8,13H2. The topological polar surface area (TPSA) is 74.5 Å². The lowest BCUT2D eigenvalue weighted by atomic mass is 10.3. The van der Waals surface area contributed by atoms with E-state index in [-0.39, 0.29) is 0 Å². The molecule has 0 spiro atoms. The van der Waals surface area contributed by atoms with Crippen LogP contribution in [-0.2, 0) is 6.54 Å². The van der Waals surface area contributed by atoms with Gasteiger partial charge in [0.25, 0.3) is 0 Å². The van der Waals surface area contributed by atoms with E-state index in [4.69, 9.17) is 5.73 Å². The van der Waals surface area contributed by atoms with Crippen LogP contribution in [0.1, 0.15) is 5.69 Å². The van der Waals surface area contributed by atoms with Crippen LogP contribution < -0.4 is 5.73 Å². The van der Waals surface area contributed by atoms with E-state index < -0.39 is 0 Å². The minimum Gasteiger partial charge on any atom is -0.381 e. The average molecular weight is 240 g/mol. The fourth-order valence-corrected chi connectivity index (χ4v) is 1.73. The molecular formula is C12H12N6. The second-order valence-corrected chi connectivity index (χ2v) is 3.93. The van der Waals surface area contributed by atoms with Crippen molar-refractivity contribution in [3.05, 3.63) is 54.5 Å². The second-order valence-electron chi connectivity index (χ2n) is 3.93. The number of hydrogen-bond donors (Lipinski definition) is 1.